The van der Waals surface area contributed by atoms with Crippen LogP contribution >= 0.6 is 12.2 Å². The van der Waals surface area contributed by atoms with Gasteiger partial charge < -0.3 is 24.7 Å². The van der Waals surface area contributed by atoms with E-state index in [0.29, 0.717) is 12.6 Å². The molecule has 6 nitrogen and oxygen atoms in total. The lowest BCUT2D eigenvalue weighted by Gasteiger charge is -2.36. The normalized spacial score (nSPS) is 19.7. The summed E-state index contributed by atoms with van der Waals surface area (Å²) in [5, 5.41) is 5.11. The van der Waals surface area contributed by atoms with E-state index in [2.05, 4.69) is 15.2 Å². The van der Waals surface area contributed by atoms with Crippen molar-refractivity contribution in [2.45, 2.75) is 63.6 Å². The SMILES string of the molecule is COc1ccc2[nH]c(=O)c(CN(C(=S)NC[C@H]3CCCO3)C3CCCCC3)cc2c1. The van der Waals surface area contributed by atoms with Crippen LogP contribution in [0.2, 0.25) is 0 Å². The van der Waals surface area contributed by atoms with Crippen LogP contribution in [0.1, 0.15) is 50.5 Å². The first kappa shape index (κ1) is 21.1. The Labute approximate surface area is 182 Å². The van der Waals surface area contributed by atoms with Crippen molar-refractivity contribution in [1.29, 1.82) is 0 Å². The van der Waals surface area contributed by atoms with Crippen LogP contribution in [-0.2, 0) is 11.3 Å². The molecule has 1 saturated heterocycles. The number of hydrogen-bond donors (Lipinski definition) is 2. The van der Waals surface area contributed by atoms with E-state index in [4.69, 9.17) is 21.7 Å². The zero-order chi connectivity index (χ0) is 20.9. The smallest absolute Gasteiger partial charge is 0.253 e. The highest BCUT2D eigenvalue weighted by atomic mass is 32.1. The highest BCUT2D eigenvalue weighted by Crippen LogP contribution is 2.25. The van der Waals surface area contributed by atoms with E-state index < -0.39 is 0 Å². The lowest BCUT2D eigenvalue weighted by atomic mass is 9.94. The van der Waals surface area contributed by atoms with Gasteiger partial charge in [-0.25, -0.2) is 0 Å². The molecule has 7 heteroatoms. The average molecular weight is 430 g/mol. The molecule has 162 valence electrons. The lowest BCUT2D eigenvalue weighted by Crippen LogP contribution is -2.48. The van der Waals surface area contributed by atoms with E-state index in [9.17, 15) is 4.79 Å². The van der Waals surface area contributed by atoms with Crippen molar-refractivity contribution < 1.29 is 9.47 Å². The van der Waals surface area contributed by atoms with Crippen molar-refractivity contribution in [3.05, 3.63) is 40.2 Å². The van der Waals surface area contributed by atoms with Crippen molar-refractivity contribution >= 4 is 28.2 Å². The Hall–Kier alpha value is -2.12. The molecule has 1 saturated carbocycles. The van der Waals surface area contributed by atoms with E-state index in [1.807, 2.05) is 24.3 Å². The fraction of sp³-hybridized carbons (Fsp3) is 0.565. The number of fused-ring (bicyclic) bond motifs is 1. The van der Waals surface area contributed by atoms with Gasteiger partial charge in [-0.1, -0.05) is 19.3 Å². The number of H-pyrrole nitrogens is 1. The Balaban J connectivity index is 1.56. The fourth-order valence-electron chi connectivity index (χ4n) is 4.53. The third kappa shape index (κ3) is 4.95. The van der Waals surface area contributed by atoms with Crippen LogP contribution < -0.4 is 15.6 Å². The largest absolute Gasteiger partial charge is 0.497 e. The molecule has 1 atom stereocenters. The topological polar surface area (TPSA) is 66.6 Å². The molecule has 2 aliphatic rings. The molecular weight excluding hydrogens is 398 g/mol. The van der Waals surface area contributed by atoms with Crippen LogP contribution in [0.15, 0.2) is 29.1 Å². The summed E-state index contributed by atoms with van der Waals surface area (Å²) in [6.07, 6.45) is 8.33. The summed E-state index contributed by atoms with van der Waals surface area (Å²) in [5.74, 6) is 0.776. The van der Waals surface area contributed by atoms with Crippen LogP contribution in [0, 0.1) is 0 Å². The second-order valence-corrected chi connectivity index (χ2v) is 8.70. The summed E-state index contributed by atoms with van der Waals surface area (Å²) < 4.78 is 11.1. The molecule has 1 aliphatic carbocycles. The Morgan fingerprint density at radius 1 is 1.23 bits per heavy atom. The molecule has 2 aromatic rings. The Morgan fingerprint density at radius 2 is 2.07 bits per heavy atom. The monoisotopic (exact) mass is 429 g/mol. The number of aromatic nitrogens is 1. The number of rotatable bonds is 6. The first-order chi connectivity index (χ1) is 14.6. The molecule has 30 heavy (non-hydrogen) atoms. The maximum atomic E-state index is 12.8. The Morgan fingerprint density at radius 3 is 2.80 bits per heavy atom. The first-order valence-electron chi connectivity index (χ1n) is 11.0. The molecular formula is C23H31N3O3S. The zero-order valence-corrected chi connectivity index (χ0v) is 18.4. The standard InChI is InChI=1S/C23H31N3O3S/c1-28-19-9-10-21-16(13-19)12-17(22(27)25-21)15-26(18-6-3-2-4-7-18)23(30)24-14-20-8-5-11-29-20/h9-10,12-13,18,20H,2-8,11,14-15H2,1H3,(H,24,30)(H,25,27)/t20-/m1/s1. The highest BCUT2D eigenvalue weighted by Gasteiger charge is 2.25. The highest BCUT2D eigenvalue weighted by molar-refractivity contribution is 7.80. The summed E-state index contributed by atoms with van der Waals surface area (Å²) in [6.45, 7) is 2.07. The summed E-state index contributed by atoms with van der Waals surface area (Å²) in [5.41, 5.74) is 1.48. The predicted octanol–water partition coefficient (Wildman–Crippen LogP) is 3.72. The number of pyridine rings is 1. The van der Waals surface area contributed by atoms with Crippen LogP contribution in [0.5, 0.6) is 5.75 Å². The third-order valence-electron chi connectivity index (χ3n) is 6.25. The van der Waals surface area contributed by atoms with E-state index in [1.165, 1.54) is 19.3 Å². The fourth-order valence-corrected chi connectivity index (χ4v) is 4.82. The number of ether oxygens (including phenoxy) is 2. The van der Waals surface area contributed by atoms with Crippen molar-refractivity contribution in [2.75, 3.05) is 20.3 Å². The van der Waals surface area contributed by atoms with Gasteiger partial charge in [0.25, 0.3) is 5.56 Å². The van der Waals surface area contributed by atoms with Gasteiger partial charge in [0, 0.05) is 35.7 Å². The summed E-state index contributed by atoms with van der Waals surface area (Å²) in [7, 11) is 1.65. The second-order valence-electron chi connectivity index (χ2n) is 8.32. The average Bonchev–Trinajstić information content (AvgIpc) is 3.30. The van der Waals surface area contributed by atoms with Crippen molar-refractivity contribution in [2.24, 2.45) is 0 Å². The molecule has 0 bridgehead atoms. The van der Waals surface area contributed by atoms with Gasteiger partial charge in [0.05, 0.1) is 19.8 Å². The third-order valence-corrected chi connectivity index (χ3v) is 6.63. The van der Waals surface area contributed by atoms with Crippen molar-refractivity contribution in [3.8, 4) is 5.75 Å². The summed E-state index contributed by atoms with van der Waals surface area (Å²) in [6, 6.07) is 8.02. The molecule has 2 N–H and O–H groups in total. The minimum Gasteiger partial charge on any atom is -0.497 e. The number of benzene rings is 1. The molecule has 2 heterocycles. The zero-order valence-electron chi connectivity index (χ0n) is 17.6. The van der Waals surface area contributed by atoms with Gasteiger partial charge in [-0.2, -0.15) is 0 Å². The van der Waals surface area contributed by atoms with Gasteiger partial charge in [0.1, 0.15) is 5.75 Å². The molecule has 4 rings (SSSR count). The molecule has 1 aliphatic heterocycles. The second kappa shape index (κ2) is 9.79. The molecule has 0 spiro atoms. The molecule has 0 unspecified atom stereocenters. The molecule has 2 fully saturated rings. The number of nitrogens with zero attached hydrogens (tertiary/aromatic N) is 1. The van der Waals surface area contributed by atoms with Crippen molar-refractivity contribution in [1.82, 2.24) is 15.2 Å². The summed E-state index contributed by atoms with van der Waals surface area (Å²) in [4.78, 5) is 18.0. The Bertz CT molecular complexity index is 933. The number of hydrogen-bond acceptors (Lipinski definition) is 4. The van der Waals surface area contributed by atoms with E-state index >= 15 is 0 Å². The number of methoxy groups -OCH3 is 1. The number of aromatic amines is 1. The van der Waals surface area contributed by atoms with Crippen molar-refractivity contribution in [3.63, 3.8) is 0 Å². The van der Waals surface area contributed by atoms with Gasteiger partial charge in [-0.05, 0) is 62.2 Å². The number of thiocarbonyl (C=S) groups is 1. The van der Waals surface area contributed by atoms with Crippen LogP contribution in [0.4, 0.5) is 0 Å². The Kier molecular flexibility index (Phi) is 6.89. The number of nitrogens with one attached hydrogen (secondary N) is 2. The van der Waals surface area contributed by atoms with Gasteiger partial charge in [0.15, 0.2) is 5.11 Å². The lowest BCUT2D eigenvalue weighted by molar-refractivity contribution is 0.112. The molecule has 1 aromatic heterocycles. The van der Waals surface area contributed by atoms with E-state index in [1.54, 1.807) is 7.11 Å². The maximum absolute atomic E-state index is 12.8. The minimum absolute atomic E-state index is 0.0598. The first-order valence-corrected chi connectivity index (χ1v) is 11.4. The maximum Gasteiger partial charge on any atom is 0.253 e. The van der Waals surface area contributed by atoms with Crippen LogP contribution in [-0.4, -0.2) is 47.4 Å². The van der Waals surface area contributed by atoms with Gasteiger partial charge in [-0.3, -0.25) is 4.79 Å². The van der Waals surface area contributed by atoms with Gasteiger partial charge in [0.2, 0.25) is 0 Å². The van der Waals surface area contributed by atoms with E-state index in [-0.39, 0.29) is 11.7 Å². The molecule has 1 aromatic carbocycles. The summed E-state index contributed by atoms with van der Waals surface area (Å²) >= 11 is 5.80. The van der Waals surface area contributed by atoms with Gasteiger partial charge >= 0.3 is 0 Å². The van der Waals surface area contributed by atoms with E-state index in [0.717, 1.165) is 66.2 Å². The molecule has 0 radical (unpaired) electrons. The van der Waals surface area contributed by atoms with Gasteiger partial charge in [-0.15, -0.1) is 0 Å². The molecule has 0 amide bonds. The minimum atomic E-state index is -0.0598. The van der Waals surface area contributed by atoms with Crippen LogP contribution in [0.25, 0.3) is 10.9 Å². The predicted molar refractivity (Wildman–Crippen MR) is 123 cm³/mol. The van der Waals surface area contributed by atoms with Crippen LogP contribution in [0.3, 0.4) is 0 Å². The quantitative estimate of drug-likeness (QED) is 0.682.